The van der Waals surface area contributed by atoms with Gasteiger partial charge in [0.25, 0.3) is 0 Å². The molecule has 0 radical (unpaired) electrons. The maximum Gasteiger partial charge on any atom is 0.222 e. The highest BCUT2D eigenvalue weighted by atomic mass is 79.9. The number of benzene rings is 1. The number of hydrogen-bond donors (Lipinski definition) is 1. The zero-order chi connectivity index (χ0) is 14.8. The van der Waals surface area contributed by atoms with Crippen LogP contribution >= 0.6 is 15.9 Å². The number of aromatic nitrogens is 1. The quantitative estimate of drug-likeness (QED) is 0.926. The first-order valence-corrected chi connectivity index (χ1v) is 7.95. The highest BCUT2D eigenvalue weighted by molar-refractivity contribution is 9.10. The Morgan fingerprint density at radius 2 is 2.29 bits per heavy atom. The van der Waals surface area contributed by atoms with Crippen LogP contribution in [0.15, 0.2) is 34.9 Å². The lowest BCUT2D eigenvalue weighted by Gasteiger charge is -2.29. The SMILES string of the molecule is CN1CCC(CNc2nccc3cc(Br)ccc23)CC1=O. The lowest BCUT2D eigenvalue weighted by Crippen LogP contribution is -2.37. The zero-order valence-corrected chi connectivity index (χ0v) is 13.6. The van der Waals surface area contributed by atoms with Gasteiger partial charge in [-0.1, -0.05) is 15.9 Å². The minimum absolute atomic E-state index is 0.239. The van der Waals surface area contributed by atoms with Crippen LogP contribution in [-0.2, 0) is 4.79 Å². The third kappa shape index (κ3) is 3.18. The first kappa shape index (κ1) is 14.3. The number of piperidine rings is 1. The predicted molar refractivity (Wildman–Crippen MR) is 88.3 cm³/mol. The van der Waals surface area contributed by atoms with Gasteiger partial charge in [-0.25, -0.2) is 4.98 Å². The van der Waals surface area contributed by atoms with Crippen molar-refractivity contribution in [2.45, 2.75) is 12.8 Å². The summed E-state index contributed by atoms with van der Waals surface area (Å²) in [6.07, 6.45) is 3.49. The molecule has 5 heteroatoms. The molecule has 1 N–H and O–H groups in total. The summed E-state index contributed by atoms with van der Waals surface area (Å²) >= 11 is 3.49. The van der Waals surface area contributed by atoms with Crippen molar-refractivity contribution in [1.82, 2.24) is 9.88 Å². The van der Waals surface area contributed by atoms with E-state index in [9.17, 15) is 4.79 Å². The molecule has 1 unspecified atom stereocenters. The minimum atomic E-state index is 0.239. The summed E-state index contributed by atoms with van der Waals surface area (Å²) in [5, 5.41) is 5.68. The lowest BCUT2D eigenvalue weighted by atomic mass is 9.96. The second-order valence-corrected chi connectivity index (χ2v) is 6.50. The molecule has 1 saturated heterocycles. The van der Waals surface area contributed by atoms with Crippen molar-refractivity contribution >= 4 is 38.4 Å². The predicted octanol–water partition coefficient (Wildman–Crippen LogP) is 3.28. The standard InChI is InChI=1S/C16H18BrN3O/c1-20-7-5-11(8-15(20)21)10-19-16-14-3-2-13(17)9-12(14)4-6-18-16/h2-4,6,9,11H,5,7-8,10H2,1H3,(H,18,19). The molecule has 1 aliphatic heterocycles. The van der Waals surface area contributed by atoms with Crippen LogP contribution in [0.2, 0.25) is 0 Å². The summed E-state index contributed by atoms with van der Waals surface area (Å²) in [6.45, 7) is 1.64. The molecule has 4 nitrogen and oxygen atoms in total. The van der Waals surface area contributed by atoms with Gasteiger partial charge in [0.05, 0.1) is 0 Å². The average molecular weight is 348 g/mol. The van der Waals surface area contributed by atoms with E-state index >= 15 is 0 Å². The summed E-state index contributed by atoms with van der Waals surface area (Å²) in [4.78, 5) is 18.0. The Hall–Kier alpha value is -1.62. The summed E-state index contributed by atoms with van der Waals surface area (Å²) in [5.41, 5.74) is 0. The van der Waals surface area contributed by atoms with Crippen LogP contribution in [0.25, 0.3) is 10.8 Å². The third-order valence-electron chi connectivity index (χ3n) is 4.05. The number of rotatable bonds is 3. The highest BCUT2D eigenvalue weighted by Gasteiger charge is 2.23. The molecule has 1 aliphatic rings. The molecule has 21 heavy (non-hydrogen) atoms. The van der Waals surface area contributed by atoms with E-state index in [4.69, 9.17) is 0 Å². The zero-order valence-electron chi connectivity index (χ0n) is 12.0. The highest BCUT2D eigenvalue weighted by Crippen LogP contribution is 2.25. The van der Waals surface area contributed by atoms with Crippen molar-refractivity contribution in [2.24, 2.45) is 5.92 Å². The fraction of sp³-hybridized carbons (Fsp3) is 0.375. The van der Waals surface area contributed by atoms with E-state index in [1.165, 1.54) is 0 Å². The largest absolute Gasteiger partial charge is 0.369 e. The van der Waals surface area contributed by atoms with E-state index in [2.05, 4.69) is 38.4 Å². The van der Waals surface area contributed by atoms with E-state index in [-0.39, 0.29) is 5.91 Å². The molecule has 3 rings (SSSR count). The molecule has 2 aromatic rings. The van der Waals surface area contributed by atoms with Crippen molar-refractivity contribution in [2.75, 3.05) is 25.5 Å². The number of anilines is 1. The van der Waals surface area contributed by atoms with E-state index in [0.717, 1.165) is 40.6 Å². The van der Waals surface area contributed by atoms with E-state index in [0.29, 0.717) is 12.3 Å². The number of hydrogen-bond acceptors (Lipinski definition) is 3. The second-order valence-electron chi connectivity index (χ2n) is 5.58. The van der Waals surface area contributed by atoms with Crippen LogP contribution in [0, 0.1) is 5.92 Å². The number of carbonyl (C=O) groups is 1. The maximum absolute atomic E-state index is 11.7. The molecule has 0 aliphatic carbocycles. The fourth-order valence-corrected chi connectivity index (χ4v) is 3.09. The summed E-state index contributed by atoms with van der Waals surface area (Å²) in [5.74, 6) is 1.52. The Morgan fingerprint density at radius 3 is 3.10 bits per heavy atom. The fourth-order valence-electron chi connectivity index (χ4n) is 2.71. The van der Waals surface area contributed by atoms with Gasteiger partial charge >= 0.3 is 0 Å². The minimum Gasteiger partial charge on any atom is -0.369 e. The van der Waals surface area contributed by atoms with Gasteiger partial charge in [-0.2, -0.15) is 0 Å². The van der Waals surface area contributed by atoms with Crippen LogP contribution in [0.5, 0.6) is 0 Å². The average Bonchev–Trinajstić information content (AvgIpc) is 2.48. The van der Waals surface area contributed by atoms with Gasteiger partial charge in [0.1, 0.15) is 5.82 Å². The Balaban J connectivity index is 1.72. The van der Waals surface area contributed by atoms with Gasteiger partial charge in [0.15, 0.2) is 0 Å². The van der Waals surface area contributed by atoms with Crippen LogP contribution in [-0.4, -0.2) is 35.9 Å². The Bertz CT molecular complexity index is 674. The molecule has 1 fully saturated rings. The summed E-state index contributed by atoms with van der Waals surface area (Å²) in [6, 6.07) is 8.18. The van der Waals surface area contributed by atoms with E-state index in [1.54, 1.807) is 0 Å². The van der Waals surface area contributed by atoms with Gasteiger partial charge in [0, 0.05) is 42.6 Å². The summed E-state index contributed by atoms with van der Waals surface area (Å²) < 4.78 is 1.06. The number of pyridine rings is 1. The van der Waals surface area contributed by atoms with Crippen LogP contribution < -0.4 is 5.32 Å². The van der Waals surface area contributed by atoms with E-state index < -0.39 is 0 Å². The van der Waals surface area contributed by atoms with Crippen molar-refractivity contribution in [3.63, 3.8) is 0 Å². The van der Waals surface area contributed by atoms with Crippen molar-refractivity contribution in [1.29, 1.82) is 0 Å². The first-order valence-electron chi connectivity index (χ1n) is 7.15. The molecule has 0 spiro atoms. The van der Waals surface area contributed by atoms with Gasteiger partial charge in [0.2, 0.25) is 5.91 Å². The second kappa shape index (κ2) is 6.02. The van der Waals surface area contributed by atoms with Crippen LogP contribution in [0.1, 0.15) is 12.8 Å². The molecule has 110 valence electrons. The number of nitrogens with zero attached hydrogens (tertiary/aromatic N) is 2. The van der Waals surface area contributed by atoms with Crippen molar-refractivity contribution in [3.8, 4) is 0 Å². The summed E-state index contributed by atoms with van der Waals surface area (Å²) in [7, 11) is 1.87. The van der Waals surface area contributed by atoms with Crippen LogP contribution in [0.4, 0.5) is 5.82 Å². The monoisotopic (exact) mass is 347 g/mol. The number of likely N-dealkylation sites (tertiary alicyclic amines) is 1. The normalized spacial score (nSPS) is 19.0. The molecular weight excluding hydrogens is 330 g/mol. The van der Waals surface area contributed by atoms with Crippen LogP contribution in [0.3, 0.4) is 0 Å². The number of halogens is 1. The number of nitrogens with one attached hydrogen (secondary N) is 1. The molecule has 1 aromatic carbocycles. The molecule has 0 saturated carbocycles. The third-order valence-corrected chi connectivity index (χ3v) is 4.54. The maximum atomic E-state index is 11.7. The number of amides is 1. The first-order chi connectivity index (χ1) is 10.1. The topological polar surface area (TPSA) is 45.2 Å². The number of carbonyl (C=O) groups excluding carboxylic acids is 1. The van der Waals surface area contributed by atoms with Gasteiger partial charge in [-0.3, -0.25) is 4.79 Å². The number of fused-ring (bicyclic) bond motifs is 1. The molecule has 2 heterocycles. The molecule has 1 atom stereocenters. The molecule has 1 amide bonds. The Labute approximate surface area is 132 Å². The molecule has 0 bridgehead atoms. The van der Waals surface area contributed by atoms with Gasteiger partial charge < -0.3 is 10.2 Å². The molecule has 1 aromatic heterocycles. The van der Waals surface area contributed by atoms with Gasteiger partial charge in [-0.15, -0.1) is 0 Å². The Morgan fingerprint density at radius 1 is 1.43 bits per heavy atom. The smallest absolute Gasteiger partial charge is 0.222 e. The van der Waals surface area contributed by atoms with Crippen molar-refractivity contribution < 1.29 is 4.79 Å². The Kier molecular flexibility index (Phi) is 4.10. The van der Waals surface area contributed by atoms with E-state index in [1.807, 2.05) is 30.3 Å². The molecular formula is C16H18BrN3O. The lowest BCUT2D eigenvalue weighted by molar-refractivity contribution is -0.133. The van der Waals surface area contributed by atoms with Gasteiger partial charge in [-0.05, 0) is 42.0 Å². The van der Waals surface area contributed by atoms with Crippen molar-refractivity contribution in [3.05, 3.63) is 34.9 Å².